The van der Waals surface area contributed by atoms with Gasteiger partial charge < -0.3 is 0 Å². The van der Waals surface area contributed by atoms with Gasteiger partial charge in [0, 0.05) is 10.9 Å². The Morgan fingerprint density at radius 2 is 2.24 bits per heavy atom. The van der Waals surface area contributed by atoms with Gasteiger partial charge >= 0.3 is 0 Å². The van der Waals surface area contributed by atoms with Crippen LogP contribution in [0.25, 0.3) is 0 Å². The number of rotatable bonds is 2. The van der Waals surface area contributed by atoms with Crippen LogP contribution in [0.4, 0.5) is 0 Å². The molecule has 1 aromatic carbocycles. The van der Waals surface area contributed by atoms with E-state index in [0.717, 1.165) is 15.0 Å². The third kappa shape index (κ3) is 2.46. The molecule has 2 rings (SSSR count). The average Bonchev–Trinajstić information content (AvgIpc) is 2.28. The minimum absolute atomic E-state index is 0.255. The number of piperidine rings is 1. The van der Waals surface area contributed by atoms with E-state index in [1.807, 2.05) is 24.3 Å². The largest absolute Gasteiger partial charge is 0.284 e. The van der Waals surface area contributed by atoms with Crippen molar-refractivity contribution in [2.75, 3.05) is 0 Å². The second-order valence-electron chi connectivity index (χ2n) is 3.94. The average molecular weight is 299 g/mol. The quantitative estimate of drug-likeness (QED) is 0.623. The molecular weight excluding hydrogens is 288 g/mol. The van der Waals surface area contributed by atoms with Crippen LogP contribution in [0.15, 0.2) is 28.7 Å². The van der Waals surface area contributed by atoms with Crippen LogP contribution >= 0.6 is 15.9 Å². The van der Waals surface area contributed by atoms with Crippen LogP contribution in [-0.2, 0) is 4.79 Å². The molecule has 0 N–H and O–H groups in total. The highest BCUT2D eigenvalue weighted by Crippen LogP contribution is 2.32. The maximum atomic E-state index is 11.6. The van der Waals surface area contributed by atoms with Crippen molar-refractivity contribution < 1.29 is 9.83 Å². The summed E-state index contributed by atoms with van der Waals surface area (Å²) in [7, 11) is 0. The van der Waals surface area contributed by atoms with E-state index in [1.54, 1.807) is 0 Å². The fourth-order valence-corrected chi connectivity index (χ4v) is 2.50. The maximum Gasteiger partial charge on any atom is 0.284 e. The molecule has 1 aliphatic rings. The van der Waals surface area contributed by atoms with Crippen molar-refractivity contribution in [2.45, 2.75) is 25.3 Å². The van der Waals surface area contributed by atoms with Crippen molar-refractivity contribution in [2.24, 2.45) is 0 Å². The number of carbonyl (C=O) groups is 1. The molecule has 1 aromatic rings. The van der Waals surface area contributed by atoms with Crippen molar-refractivity contribution in [1.82, 2.24) is 5.01 Å². The zero-order valence-electron chi connectivity index (χ0n) is 9.01. The fraction of sp³-hybridized carbons (Fsp3) is 0.364. The van der Waals surface area contributed by atoms with Gasteiger partial charge in [-0.05, 0) is 30.5 Å². The monoisotopic (exact) mass is 298 g/mol. The maximum absolute atomic E-state index is 11.6. The molecule has 90 valence electrons. The lowest BCUT2D eigenvalue weighted by Gasteiger charge is -2.27. The number of amides is 1. The van der Waals surface area contributed by atoms with Crippen molar-refractivity contribution in [1.29, 1.82) is 0 Å². The lowest BCUT2D eigenvalue weighted by Crippen LogP contribution is -2.42. The first kappa shape index (κ1) is 12.0. The van der Waals surface area contributed by atoms with Gasteiger partial charge in [0.1, 0.15) is 6.04 Å². The molecule has 17 heavy (non-hydrogen) atoms. The topological polar surface area (TPSA) is 63.5 Å². The van der Waals surface area contributed by atoms with E-state index in [4.69, 9.17) is 0 Å². The molecule has 0 aromatic heterocycles. The van der Waals surface area contributed by atoms with Crippen molar-refractivity contribution in [3.63, 3.8) is 0 Å². The lowest BCUT2D eigenvalue weighted by molar-refractivity contribution is -0.646. The van der Waals surface area contributed by atoms with E-state index in [2.05, 4.69) is 15.9 Å². The van der Waals surface area contributed by atoms with Crippen LogP contribution in [0.2, 0.25) is 0 Å². The molecule has 0 aliphatic carbocycles. The van der Waals surface area contributed by atoms with E-state index in [1.165, 1.54) is 0 Å². The van der Waals surface area contributed by atoms with Gasteiger partial charge in [-0.1, -0.05) is 33.1 Å². The first-order valence-corrected chi connectivity index (χ1v) is 6.10. The summed E-state index contributed by atoms with van der Waals surface area (Å²) >= 11 is 3.33. The van der Waals surface area contributed by atoms with E-state index in [0.29, 0.717) is 12.8 Å². The number of nitrogens with zero attached hydrogens (tertiary/aromatic N) is 2. The minimum atomic E-state index is -0.604. The zero-order valence-corrected chi connectivity index (χ0v) is 10.6. The number of hydrazine groups is 1. The molecule has 1 heterocycles. The Balaban J connectivity index is 2.35. The van der Waals surface area contributed by atoms with Gasteiger partial charge in [-0.2, -0.15) is 0 Å². The highest BCUT2D eigenvalue weighted by molar-refractivity contribution is 9.10. The Morgan fingerprint density at radius 3 is 2.88 bits per heavy atom. The van der Waals surface area contributed by atoms with Crippen LogP contribution < -0.4 is 0 Å². The molecule has 1 fully saturated rings. The summed E-state index contributed by atoms with van der Waals surface area (Å²) < 4.78 is 0.858. The molecule has 1 unspecified atom stereocenters. The summed E-state index contributed by atoms with van der Waals surface area (Å²) in [4.78, 5) is 22.5. The van der Waals surface area contributed by atoms with Crippen LogP contribution in [0.3, 0.4) is 0 Å². The first-order valence-electron chi connectivity index (χ1n) is 5.31. The molecule has 0 spiro atoms. The molecule has 1 amide bonds. The molecular formula is C11H11BrN2O3. The van der Waals surface area contributed by atoms with Crippen LogP contribution in [0.5, 0.6) is 0 Å². The van der Waals surface area contributed by atoms with Gasteiger partial charge in [0.2, 0.25) is 0 Å². The second kappa shape index (κ2) is 4.83. The molecule has 6 heteroatoms. The van der Waals surface area contributed by atoms with E-state index < -0.39 is 17.0 Å². The number of hydrogen-bond acceptors (Lipinski definition) is 3. The van der Waals surface area contributed by atoms with E-state index >= 15 is 0 Å². The molecule has 0 bridgehead atoms. The highest BCUT2D eigenvalue weighted by Gasteiger charge is 2.37. The molecule has 0 radical (unpaired) electrons. The van der Waals surface area contributed by atoms with Gasteiger partial charge in [-0.3, -0.25) is 4.79 Å². The predicted octanol–water partition coefficient (Wildman–Crippen LogP) is 2.69. The fourth-order valence-electron chi connectivity index (χ4n) is 2.08. The molecule has 1 saturated heterocycles. The first-order chi connectivity index (χ1) is 8.09. The Hall–Kier alpha value is -1.43. The summed E-state index contributed by atoms with van der Waals surface area (Å²) in [5.41, 5.74) is 0.795. The lowest BCUT2D eigenvalue weighted by atomic mass is 9.96. The highest BCUT2D eigenvalue weighted by atomic mass is 79.9. The predicted molar refractivity (Wildman–Crippen MR) is 64.6 cm³/mol. The summed E-state index contributed by atoms with van der Waals surface area (Å²) in [6, 6.07) is 6.84. The number of benzene rings is 1. The Labute approximate surface area is 107 Å². The molecule has 1 atom stereocenters. The molecule has 5 nitrogen and oxygen atoms in total. The minimum Gasteiger partial charge on any atom is -0.269 e. The summed E-state index contributed by atoms with van der Waals surface area (Å²) in [5, 5.41) is 11.1. The van der Waals surface area contributed by atoms with Crippen LogP contribution in [0.1, 0.15) is 30.9 Å². The normalized spacial score (nSPS) is 20.4. The van der Waals surface area contributed by atoms with Crippen LogP contribution in [0, 0.1) is 10.1 Å². The van der Waals surface area contributed by atoms with Crippen molar-refractivity contribution in [3.8, 4) is 0 Å². The zero-order chi connectivity index (χ0) is 12.4. The van der Waals surface area contributed by atoms with Gasteiger partial charge in [0.15, 0.2) is 5.03 Å². The summed E-state index contributed by atoms with van der Waals surface area (Å²) in [6.07, 6.45) is 1.58. The number of hydrogen-bond donors (Lipinski definition) is 0. The summed E-state index contributed by atoms with van der Waals surface area (Å²) in [5.74, 6) is -0.411. The summed E-state index contributed by atoms with van der Waals surface area (Å²) in [6.45, 7) is 0. The smallest absolute Gasteiger partial charge is 0.269 e. The standard InChI is InChI=1S/C11H11BrN2O3/c12-9-4-1-3-8(7-9)10-5-2-6-11(15)13(10)14(16)17/h1,3-4,7,10H,2,5-6H2. The second-order valence-corrected chi connectivity index (χ2v) is 4.85. The van der Waals surface area contributed by atoms with Gasteiger partial charge in [-0.25, -0.2) is 10.1 Å². The van der Waals surface area contributed by atoms with Gasteiger partial charge in [-0.15, -0.1) is 0 Å². The molecule has 0 saturated carbocycles. The SMILES string of the molecule is O=C1CCCC(c2cccc(Br)c2)N1[N+](=O)[O-]. The Bertz CT molecular complexity index is 464. The van der Waals surface area contributed by atoms with Crippen molar-refractivity contribution >= 4 is 21.8 Å². The number of carbonyl (C=O) groups excluding carboxylic acids is 1. The van der Waals surface area contributed by atoms with Gasteiger partial charge in [0.05, 0.1) is 0 Å². The van der Waals surface area contributed by atoms with E-state index in [9.17, 15) is 14.9 Å². The molecule has 1 aliphatic heterocycles. The third-order valence-corrected chi connectivity index (χ3v) is 3.32. The van der Waals surface area contributed by atoms with E-state index in [-0.39, 0.29) is 6.42 Å². The number of nitro groups is 1. The van der Waals surface area contributed by atoms with Crippen LogP contribution in [-0.4, -0.2) is 15.9 Å². The van der Waals surface area contributed by atoms with Gasteiger partial charge in [0.25, 0.3) is 5.91 Å². The Kier molecular flexibility index (Phi) is 3.42. The van der Waals surface area contributed by atoms with Crippen molar-refractivity contribution in [3.05, 3.63) is 44.4 Å². The number of halogens is 1. The Morgan fingerprint density at radius 1 is 1.47 bits per heavy atom. The third-order valence-electron chi connectivity index (χ3n) is 2.83.